The molecule has 150 valence electrons. The van der Waals surface area contributed by atoms with Crippen molar-refractivity contribution in [2.45, 2.75) is 29.5 Å². The molecule has 0 aliphatic rings. The largest absolute Gasteiger partial charge is 0.386 e. The van der Waals surface area contributed by atoms with Crippen LogP contribution in [0.4, 0.5) is 11.4 Å². The lowest BCUT2D eigenvalue weighted by Gasteiger charge is -2.18. The minimum Gasteiger partial charge on any atom is -0.386 e. The van der Waals surface area contributed by atoms with Gasteiger partial charge < -0.3 is 10.4 Å². The maximum Gasteiger partial charge on any atom is 0.270 e. The second kappa shape index (κ2) is 7.97. The van der Waals surface area contributed by atoms with Crippen molar-refractivity contribution in [1.29, 1.82) is 0 Å². The summed E-state index contributed by atoms with van der Waals surface area (Å²) in [5, 5.41) is 35.5. The fourth-order valence-electron chi connectivity index (χ4n) is 2.46. The SMILES string of the molecule is Cn1nnnc1Sc1ccc([N+](=O)[O-])cc1C(=O)Nc1ccc(C(C)(C)O)cc1. The van der Waals surface area contributed by atoms with Crippen LogP contribution in [0.3, 0.4) is 0 Å². The molecule has 0 unspecified atom stereocenters. The zero-order valence-electron chi connectivity index (χ0n) is 15.9. The molecule has 0 spiro atoms. The number of aromatic nitrogens is 4. The molecule has 29 heavy (non-hydrogen) atoms. The number of nitro groups is 1. The van der Waals surface area contributed by atoms with Crippen LogP contribution >= 0.6 is 11.8 Å². The molecule has 11 heteroatoms. The first-order chi connectivity index (χ1) is 13.6. The third kappa shape index (κ3) is 4.76. The smallest absolute Gasteiger partial charge is 0.270 e. The van der Waals surface area contributed by atoms with Crippen molar-refractivity contribution in [2.24, 2.45) is 7.05 Å². The van der Waals surface area contributed by atoms with Crippen molar-refractivity contribution in [3.05, 3.63) is 63.7 Å². The second-order valence-electron chi connectivity index (χ2n) is 6.72. The predicted molar refractivity (Wildman–Crippen MR) is 106 cm³/mol. The van der Waals surface area contributed by atoms with E-state index in [4.69, 9.17) is 0 Å². The molecule has 1 heterocycles. The Morgan fingerprint density at radius 2 is 1.93 bits per heavy atom. The van der Waals surface area contributed by atoms with Crippen LogP contribution in [0.15, 0.2) is 52.5 Å². The van der Waals surface area contributed by atoms with E-state index in [1.54, 1.807) is 45.2 Å². The number of carbonyl (C=O) groups excluding carboxylic acids is 1. The van der Waals surface area contributed by atoms with Crippen LogP contribution in [0.2, 0.25) is 0 Å². The van der Waals surface area contributed by atoms with E-state index in [1.807, 2.05) is 0 Å². The van der Waals surface area contributed by atoms with Gasteiger partial charge in [0.15, 0.2) is 0 Å². The number of nitrogens with one attached hydrogen (secondary N) is 1. The van der Waals surface area contributed by atoms with Gasteiger partial charge in [0, 0.05) is 29.8 Å². The zero-order valence-corrected chi connectivity index (χ0v) is 16.7. The molecule has 0 radical (unpaired) electrons. The molecule has 1 aromatic heterocycles. The molecule has 1 amide bonds. The molecular weight excluding hydrogens is 396 g/mol. The number of aryl methyl sites for hydroxylation is 1. The quantitative estimate of drug-likeness (QED) is 0.464. The highest BCUT2D eigenvalue weighted by Gasteiger charge is 2.20. The highest BCUT2D eigenvalue weighted by Crippen LogP contribution is 2.31. The summed E-state index contributed by atoms with van der Waals surface area (Å²) in [6.45, 7) is 3.32. The Kier molecular flexibility index (Phi) is 5.62. The van der Waals surface area contributed by atoms with Crippen LogP contribution in [-0.2, 0) is 12.6 Å². The number of benzene rings is 2. The highest BCUT2D eigenvalue weighted by atomic mass is 32.2. The Morgan fingerprint density at radius 3 is 2.48 bits per heavy atom. The normalized spacial score (nSPS) is 11.3. The number of rotatable bonds is 6. The highest BCUT2D eigenvalue weighted by molar-refractivity contribution is 7.99. The van der Waals surface area contributed by atoms with Gasteiger partial charge in [0.2, 0.25) is 5.16 Å². The van der Waals surface area contributed by atoms with E-state index in [-0.39, 0.29) is 11.3 Å². The maximum atomic E-state index is 12.9. The van der Waals surface area contributed by atoms with Crippen LogP contribution in [0.25, 0.3) is 0 Å². The van der Waals surface area contributed by atoms with Gasteiger partial charge in [-0.1, -0.05) is 12.1 Å². The van der Waals surface area contributed by atoms with Gasteiger partial charge in [-0.3, -0.25) is 14.9 Å². The van der Waals surface area contributed by atoms with Gasteiger partial charge in [0.05, 0.1) is 16.1 Å². The van der Waals surface area contributed by atoms with Crippen LogP contribution in [0.1, 0.15) is 29.8 Å². The predicted octanol–water partition coefficient (Wildman–Crippen LogP) is 2.75. The van der Waals surface area contributed by atoms with Crippen molar-refractivity contribution >= 4 is 29.0 Å². The van der Waals surface area contributed by atoms with E-state index in [9.17, 15) is 20.0 Å². The topological polar surface area (TPSA) is 136 Å². The summed E-state index contributed by atoms with van der Waals surface area (Å²) < 4.78 is 1.43. The standard InChI is InChI=1S/C18H18N6O4S/c1-18(2,26)11-4-6-12(7-5-11)19-16(25)14-10-13(24(27)28)8-9-15(14)29-17-20-21-22-23(17)3/h4-10,26H,1-3H3,(H,19,25). The molecule has 10 nitrogen and oxygen atoms in total. The molecule has 3 rings (SSSR count). The number of hydrogen-bond acceptors (Lipinski definition) is 8. The molecule has 0 aliphatic carbocycles. The molecule has 0 atom stereocenters. The molecule has 3 aromatic rings. The fourth-order valence-corrected chi connectivity index (χ4v) is 3.30. The lowest BCUT2D eigenvalue weighted by atomic mass is 9.98. The van der Waals surface area contributed by atoms with E-state index in [0.29, 0.717) is 21.3 Å². The number of carbonyl (C=O) groups is 1. The van der Waals surface area contributed by atoms with E-state index in [0.717, 1.165) is 11.8 Å². The number of non-ortho nitro benzene ring substituents is 1. The first-order valence-corrected chi connectivity index (χ1v) is 9.30. The van der Waals surface area contributed by atoms with Crippen molar-refractivity contribution in [1.82, 2.24) is 20.2 Å². The summed E-state index contributed by atoms with van der Waals surface area (Å²) in [7, 11) is 1.65. The number of aliphatic hydroxyl groups is 1. The number of amides is 1. The summed E-state index contributed by atoms with van der Waals surface area (Å²) >= 11 is 1.12. The first-order valence-electron chi connectivity index (χ1n) is 8.48. The summed E-state index contributed by atoms with van der Waals surface area (Å²) in [5.41, 5.74) is 0.102. The summed E-state index contributed by atoms with van der Waals surface area (Å²) in [6.07, 6.45) is 0. The molecule has 2 aromatic carbocycles. The van der Waals surface area contributed by atoms with Crippen LogP contribution in [0.5, 0.6) is 0 Å². The van der Waals surface area contributed by atoms with Gasteiger partial charge in [-0.2, -0.15) is 0 Å². The van der Waals surface area contributed by atoms with Crippen LogP contribution in [0, 0.1) is 10.1 Å². The van der Waals surface area contributed by atoms with E-state index in [2.05, 4.69) is 20.8 Å². The van der Waals surface area contributed by atoms with Crippen molar-refractivity contribution in [3.63, 3.8) is 0 Å². The minimum atomic E-state index is -1.00. The summed E-state index contributed by atoms with van der Waals surface area (Å²) in [5.74, 6) is -0.512. The Bertz CT molecular complexity index is 1060. The average molecular weight is 414 g/mol. The second-order valence-corrected chi connectivity index (χ2v) is 7.72. The van der Waals surface area contributed by atoms with Gasteiger partial charge in [0.25, 0.3) is 11.6 Å². The van der Waals surface area contributed by atoms with Crippen molar-refractivity contribution < 1.29 is 14.8 Å². The summed E-state index contributed by atoms with van der Waals surface area (Å²) in [4.78, 5) is 23.9. The van der Waals surface area contributed by atoms with E-state index < -0.39 is 16.4 Å². The Morgan fingerprint density at radius 1 is 1.24 bits per heavy atom. The first kappa shape index (κ1) is 20.4. The minimum absolute atomic E-state index is 0.124. The van der Waals surface area contributed by atoms with Gasteiger partial charge >= 0.3 is 0 Å². The van der Waals surface area contributed by atoms with Crippen molar-refractivity contribution in [2.75, 3.05) is 5.32 Å². The van der Waals surface area contributed by atoms with Crippen LogP contribution in [-0.4, -0.2) is 36.1 Å². The Labute approximate surface area is 170 Å². The van der Waals surface area contributed by atoms with Gasteiger partial charge in [-0.15, -0.1) is 5.10 Å². The number of nitrogens with zero attached hydrogens (tertiary/aromatic N) is 5. The summed E-state index contributed by atoms with van der Waals surface area (Å²) in [6, 6.07) is 10.7. The third-order valence-corrected chi connectivity index (χ3v) is 5.15. The maximum absolute atomic E-state index is 12.9. The molecule has 0 fully saturated rings. The third-order valence-electron chi connectivity index (χ3n) is 4.05. The zero-order chi connectivity index (χ0) is 21.2. The molecule has 0 saturated carbocycles. The van der Waals surface area contributed by atoms with Crippen LogP contribution < -0.4 is 5.32 Å². The molecule has 2 N–H and O–H groups in total. The van der Waals surface area contributed by atoms with Gasteiger partial charge in [-0.05, 0) is 59.8 Å². The van der Waals surface area contributed by atoms with Crippen molar-refractivity contribution in [3.8, 4) is 0 Å². The number of nitro benzene ring substituents is 1. The lowest BCUT2D eigenvalue weighted by Crippen LogP contribution is -2.16. The molecular formula is C18H18N6O4S. The number of tetrazole rings is 1. The van der Waals surface area contributed by atoms with E-state index in [1.165, 1.54) is 22.9 Å². The molecule has 0 aliphatic heterocycles. The fraction of sp³-hybridized carbons (Fsp3) is 0.222. The van der Waals surface area contributed by atoms with Gasteiger partial charge in [-0.25, -0.2) is 4.68 Å². The monoisotopic (exact) mass is 414 g/mol. The molecule has 0 saturated heterocycles. The lowest BCUT2D eigenvalue weighted by molar-refractivity contribution is -0.384. The van der Waals surface area contributed by atoms with Gasteiger partial charge in [0.1, 0.15) is 0 Å². The number of anilines is 1. The van der Waals surface area contributed by atoms with E-state index >= 15 is 0 Å². The molecule has 0 bridgehead atoms. The Balaban J connectivity index is 1.90. The number of hydrogen-bond donors (Lipinski definition) is 2. The Hall–Kier alpha value is -3.31. The average Bonchev–Trinajstić information content (AvgIpc) is 3.06.